The predicted octanol–water partition coefficient (Wildman–Crippen LogP) is 2.06. The van der Waals surface area contributed by atoms with Crippen LogP contribution in [0.2, 0.25) is 0 Å². The van der Waals surface area contributed by atoms with E-state index in [9.17, 15) is 19.2 Å². The van der Waals surface area contributed by atoms with Crippen molar-refractivity contribution in [1.29, 1.82) is 0 Å². The molecule has 1 aromatic rings. The molecule has 1 aromatic carbocycles. The SMILES string of the molecule is Cc1ccccc1C(=O)N[C@H](C(=O)OCC(=O)NC(=O)NC1CCCC1)C(C)C. The summed E-state index contributed by atoms with van der Waals surface area (Å²) in [4.78, 5) is 48.5. The zero-order chi connectivity index (χ0) is 21.4. The van der Waals surface area contributed by atoms with E-state index in [4.69, 9.17) is 4.74 Å². The number of benzene rings is 1. The van der Waals surface area contributed by atoms with E-state index < -0.39 is 30.6 Å². The van der Waals surface area contributed by atoms with Crippen LogP contribution in [0.4, 0.5) is 4.79 Å². The molecule has 3 N–H and O–H groups in total. The molecule has 29 heavy (non-hydrogen) atoms. The van der Waals surface area contributed by atoms with Gasteiger partial charge in [-0.25, -0.2) is 9.59 Å². The van der Waals surface area contributed by atoms with Gasteiger partial charge in [0.15, 0.2) is 6.61 Å². The Kier molecular flexibility index (Phi) is 8.18. The zero-order valence-electron chi connectivity index (χ0n) is 17.1. The van der Waals surface area contributed by atoms with Gasteiger partial charge in [-0.05, 0) is 37.3 Å². The quantitative estimate of drug-likeness (QED) is 0.603. The molecule has 0 saturated heterocycles. The number of carbonyl (C=O) groups excluding carboxylic acids is 4. The summed E-state index contributed by atoms with van der Waals surface area (Å²) in [6.45, 7) is 4.73. The minimum Gasteiger partial charge on any atom is -0.454 e. The van der Waals surface area contributed by atoms with Gasteiger partial charge in [0, 0.05) is 11.6 Å². The fraction of sp³-hybridized carbons (Fsp3) is 0.524. The standard InChI is InChI=1S/C21H29N3O5/c1-13(2)18(24-19(26)16-11-7-4-8-14(16)3)20(27)29-12-17(25)23-21(28)22-15-9-5-6-10-15/h4,7-8,11,13,15,18H,5-6,9-10,12H2,1-3H3,(H,24,26)(H2,22,23,25,28)/t18-/m0/s1. The number of urea groups is 1. The average Bonchev–Trinajstić information content (AvgIpc) is 3.16. The summed E-state index contributed by atoms with van der Waals surface area (Å²) < 4.78 is 5.02. The van der Waals surface area contributed by atoms with Gasteiger partial charge in [-0.15, -0.1) is 0 Å². The highest BCUT2D eigenvalue weighted by molar-refractivity contribution is 5.98. The molecular formula is C21H29N3O5. The number of rotatable bonds is 7. The van der Waals surface area contributed by atoms with Crippen molar-refractivity contribution in [2.24, 2.45) is 5.92 Å². The Morgan fingerprint density at radius 3 is 2.38 bits per heavy atom. The van der Waals surface area contributed by atoms with Gasteiger partial charge in [-0.3, -0.25) is 14.9 Å². The third-order valence-corrected chi connectivity index (χ3v) is 4.89. The maximum Gasteiger partial charge on any atom is 0.329 e. The minimum absolute atomic E-state index is 0.0762. The highest BCUT2D eigenvalue weighted by atomic mass is 16.5. The van der Waals surface area contributed by atoms with Crippen molar-refractivity contribution in [3.05, 3.63) is 35.4 Å². The van der Waals surface area contributed by atoms with Gasteiger partial charge in [0.1, 0.15) is 6.04 Å². The Labute approximate surface area is 170 Å². The van der Waals surface area contributed by atoms with E-state index in [0.717, 1.165) is 31.2 Å². The molecule has 8 nitrogen and oxygen atoms in total. The van der Waals surface area contributed by atoms with Gasteiger partial charge in [0.25, 0.3) is 11.8 Å². The summed E-state index contributed by atoms with van der Waals surface area (Å²) in [7, 11) is 0. The van der Waals surface area contributed by atoms with Crippen LogP contribution >= 0.6 is 0 Å². The first-order chi connectivity index (χ1) is 13.8. The fourth-order valence-corrected chi connectivity index (χ4v) is 3.23. The van der Waals surface area contributed by atoms with Crippen LogP contribution in [-0.4, -0.2) is 42.5 Å². The van der Waals surface area contributed by atoms with Crippen LogP contribution in [0.15, 0.2) is 24.3 Å². The van der Waals surface area contributed by atoms with E-state index in [1.807, 2.05) is 6.07 Å². The number of aryl methyl sites for hydroxylation is 1. The summed E-state index contributed by atoms with van der Waals surface area (Å²) >= 11 is 0. The van der Waals surface area contributed by atoms with Gasteiger partial charge in [0.2, 0.25) is 0 Å². The van der Waals surface area contributed by atoms with Gasteiger partial charge in [0.05, 0.1) is 0 Å². The first-order valence-corrected chi connectivity index (χ1v) is 9.91. The lowest BCUT2D eigenvalue weighted by molar-refractivity contribution is -0.151. The third kappa shape index (κ3) is 6.89. The lowest BCUT2D eigenvalue weighted by atomic mass is 10.0. The molecule has 4 amide bonds. The van der Waals surface area contributed by atoms with E-state index in [1.54, 1.807) is 39.0 Å². The zero-order valence-corrected chi connectivity index (χ0v) is 17.1. The number of imide groups is 1. The molecule has 1 aliphatic rings. The summed E-state index contributed by atoms with van der Waals surface area (Å²) in [6.07, 6.45) is 3.91. The topological polar surface area (TPSA) is 114 Å². The van der Waals surface area contributed by atoms with E-state index in [2.05, 4.69) is 16.0 Å². The van der Waals surface area contributed by atoms with Crippen LogP contribution in [0.3, 0.4) is 0 Å². The molecule has 0 heterocycles. The number of ether oxygens (including phenoxy) is 1. The second-order valence-electron chi connectivity index (χ2n) is 7.62. The van der Waals surface area contributed by atoms with Gasteiger partial charge < -0.3 is 15.4 Å². The van der Waals surface area contributed by atoms with Crippen molar-refractivity contribution in [1.82, 2.24) is 16.0 Å². The Morgan fingerprint density at radius 2 is 1.76 bits per heavy atom. The van der Waals surface area contributed by atoms with Crippen LogP contribution in [0.25, 0.3) is 0 Å². The predicted molar refractivity (Wildman–Crippen MR) is 107 cm³/mol. The Bertz CT molecular complexity index is 756. The summed E-state index contributed by atoms with van der Waals surface area (Å²) in [5.41, 5.74) is 1.25. The second-order valence-corrected chi connectivity index (χ2v) is 7.62. The minimum atomic E-state index is -0.915. The Morgan fingerprint density at radius 1 is 1.10 bits per heavy atom. The van der Waals surface area contributed by atoms with Gasteiger partial charge in [-0.1, -0.05) is 44.9 Å². The van der Waals surface area contributed by atoms with Crippen molar-refractivity contribution >= 4 is 23.8 Å². The molecule has 1 fully saturated rings. The lowest BCUT2D eigenvalue weighted by Crippen LogP contribution is -2.48. The van der Waals surface area contributed by atoms with Crippen LogP contribution in [-0.2, 0) is 14.3 Å². The van der Waals surface area contributed by atoms with Gasteiger partial charge >= 0.3 is 12.0 Å². The smallest absolute Gasteiger partial charge is 0.329 e. The first kappa shape index (κ1) is 22.4. The third-order valence-electron chi connectivity index (χ3n) is 4.89. The lowest BCUT2D eigenvalue weighted by Gasteiger charge is -2.21. The summed E-state index contributed by atoms with van der Waals surface area (Å²) in [6, 6.07) is 5.61. The highest BCUT2D eigenvalue weighted by Crippen LogP contribution is 2.17. The molecule has 0 aromatic heterocycles. The number of hydrogen-bond donors (Lipinski definition) is 3. The highest BCUT2D eigenvalue weighted by Gasteiger charge is 2.27. The summed E-state index contributed by atoms with van der Waals surface area (Å²) in [5, 5.41) is 7.53. The van der Waals surface area contributed by atoms with Crippen molar-refractivity contribution < 1.29 is 23.9 Å². The van der Waals surface area contributed by atoms with Crippen LogP contribution in [0, 0.1) is 12.8 Å². The number of nitrogens with one attached hydrogen (secondary N) is 3. The summed E-state index contributed by atoms with van der Waals surface area (Å²) in [5.74, 6) is -2.08. The number of hydrogen-bond acceptors (Lipinski definition) is 5. The molecule has 158 valence electrons. The molecule has 0 aliphatic heterocycles. The number of esters is 1. The largest absolute Gasteiger partial charge is 0.454 e. The van der Waals surface area contributed by atoms with E-state index in [0.29, 0.717) is 5.56 Å². The molecule has 0 bridgehead atoms. The Balaban J connectivity index is 1.84. The normalized spacial score (nSPS) is 14.9. The fourth-order valence-electron chi connectivity index (χ4n) is 3.23. The van der Waals surface area contributed by atoms with Crippen LogP contribution in [0.5, 0.6) is 0 Å². The average molecular weight is 403 g/mol. The van der Waals surface area contributed by atoms with Crippen molar-refractivity contribution in [2.75, 3.05) is 6.61 Å². The maximum atomic E-state index is 12.5. The molecule has 8 heteroatoms. The van der Waals surface area contributed by atoms with Crippen LogP contribution in [0.1, 0.15) is 55.5 Å². The van der Waals surface area contributed by atoms with Crippen LogP contribution < -0.4 is 16.0 Å². The Hall–Kier alpha value is -2.90. The molecule has 2 rings (SSSR count). The first-order valence-electron chi connectivity index (χ1n) is 9.91. The van der Waals surface area contributed by atoms with Crippen molar-refractivity contribution in [3.8, 4) is 0 Å². The van der Waals surface area contributed by atoms with Crippen molar-refractivity contribution in [2.45, 2.75) is 58.5 Å². The van der Waals surface area contributed by atoms with E-state index in [-0.39, 0.29) is 17.9 Å². The molecule has 1 atom stereocenters. The molecule has 1 saturated carbocycles. The molecule has 0 spiro atoms. The van der Waals surface area contributed by atoms with Gasteiger partial charge in [-0.2, -0.15) is 0 Å². The number of carbonyl (C=O) groups is 4. The molecule has 1 aliphatic carbocycles. The molecule has 0 unspecified atom stereocenters. The second kappa shape index (κ2) is 10.6. The monoisotopic (exact) mass is 403 g/mol. The van der Waals surface area contributed by atoms with E-state index in [1.165, 1.54) is 0 Å². The molecule has 0 radical (unpaired) electrons. The number of amides is 4. The van der Waals surface area contributed by atoms with E-state index >= 15 is 0 Å². The maximum absolute atomic E-state index is 12.5. The molecular weight excluding hydrogens is 374 g/mol. The van der Waals surface area contributed by atoms with Crippen molar-refractivity contribution in [3.63, 3.8) is 0 Å².